The van der Waals surface area contributed by atoms with Crippen molar-refractivity contribution in [2.24, 2.45) is 5.92 Å². The van der Waals surface area contributed by atoms with E-state index in [-0.39, 0.29) is 5.92 Å². The van der Waals surface area contributed by atoms with Crippen molar-refractivity contribution in [3.8, 4) is 17.2 Å². The van der Waals surface area contributed by atoms with Gasteiger partial charge in [-0.05, 0) is 42.0 Å². The first-order valence-corrected chi connectivity index (χ1v) is 8.20. The molecule has 2 aromatic rings. The second-order valence-corrected chi connectivity index (χ2v) is 6.26. The standard InChI is InChI=1S/C19H19NO5/c1-23-13-5-2-11(3-6-13)19-24-16-7-4-12(8-17(16)25-19)14-9-20-10-15(14)18(21)22/h2-8,14-15,19-20H,9-10H2,1H3,(H,21,22). The minimum absolute atomic E-state index is 0.0635. The van der Waals surface area contributed by atoms with Crippen molar-refractivity contribution in [2.45, 2.75) is 12.2 Å². The molecule has 0 aromatic heterocycles. The van der Waals surface area contributed by atoms with Crippen molar-refractivity contribution in [1.29, 1.82) is 0 Å². The molecule has 0 aliphatic carbocycles. The van der Waals surface area contributed by atoms with Crippen molar-refractivity contribution in [1.82, 2.24) is 5.32 Å². The summed E-state index contributed by atoms with van der Waals surface area (Å²) in [6.45, 7) is 1.14. The van der Waals surface area contributed by atoms with E-state index < -0.39 is 18.2 Å². The second-order valence-electron chi connectivity index (χ2n) is 6.26. The average Bonchev–Trinajstić information content (AvgIpc) is 3.28. The van der Waals surface area contributed by atoms with Crippen LogP contribution in [0.5, 0.6) is 17.2 Å². The Hall–Kier alpha value is -2.73. The zero-order chi connectivity index (χ0) is 17.4. The first-order valence-electron chi connectivity index (χ1n) is 8.20. The number of fused-ring (bicyclic) bond motifs is 1. The number of benzene rings is 2. The molecular weight excluding hydrogens is 322 g/mol. The SMILES string of the molecule is COc1ccc(C2Oc3ccc(C4CNCC4C(=O)O)cc3O2)cc1. The van der Waals surface area contributed by atoms with Crippen LogP contribution in [0.3, 0.4) is 0 Å². The van der Waals surface area contributed by atoms with Gasteiger partial charge in [-0.15, -0.1) is 0 Å². The molecule has 0 saturated carbocycles. The summed E-state index contributed by atoms with van der Waals surface area (Å²) in [6, 6.07) is 13.2. The van der Waals surface area contributed by atoms with E-state index in [2.05, 4.69) is 5.32 Å². The van der Waals surface area contributed by atoms with Gasteiger partial charge >= 0.3 is 5.97 Å². The van der Waals surface area contributed by atoms with Crippen LogP contribution in [0.4, 0.5) is 0 Å². The summed E-state index contributed by atoms with van der Waals surface area (Å²) in [6.07, 6.45) is -0.506. The predicted octanol–water partition coefficient (Wildman–Crippen LogP) is 2.55. The fourth-order valence-corrected chi connectivity index (χ4v) is 3.39. The lowest BCUT2D eigenvalue weighted by molar-refractivity contribution is -0.141. The number of ether oxygens (including phenoxy) is 3. The van der Waals surface area contributed by atoms with Crippen LogP contribution in [-0.2, 0) is 4.79 Å². The maximum absolute atomic E-state index is 11.4. The van der Waals surface area contributed by atoms with Crippen LogP contribution >= 0.6 is 0 Å². The molecule has 0 amide bonds. The second kappa shape index (κ2) is 6.29. The highest BCUT2D eigenvalue weighted by atomic mass is 16.7. The third-order valence-corrected chi connectivity index (χ3v) is 4.78. The van der Waals surface area contributed by atoms with Crippen molar-refractivity contribution < 1.29 is 24.1 Å². The van der Waals surface area contributed by atoms with Gasteiger partial charge in [0.1, 0.15) is 5.75 Å². The summed E-state index contributed by atoms with van der Waals surface area (Å²) in [5, 5.41) is 12.5. The molecule has 2 N–H and O–H groups in total. The molecule has 4 rings (SSSR count). The lowest BCUT2D eigenvalue weighted by atomic mass is 9.89. The Morgan fingerprint density at radius 2 is 1.80 bits per heavy atom. The molecule has 130 valence electrons. The molecule has 3 unspecified atom stereocenters. The number of hydrogen-bond donors (Lipinski definition) is 2. The largest absolute Gasteiger partial charge is 0.497 e. The van der Waals surface area contributed by atoms with E-state index in [1.165, 1.54) is 0 Å². The number of carboxylic acids is 1. The van der Waals surface area contributed by atoms with E-state index >= 15 is 0 Å². The maximum atomic E-state index is 11.4. The fraction of sp³-hybridized carbons (Fsp3) is 0.316. The van der Waals surface area contributed by atoms with Crippen LogP contribution in [0.1, 0.15) is 23.3 Å². The van der Waals surface area contributed by atoms with E-state index in [0.717, 1.165) is 16.9 Å². The third kappa shape index (κ3) is 2.89. The fourth-order valence-electron chi connectivity index (χ4n) is 3.39. The van der Waals surface area contributed by atoms with Gasteiger partial charge in [-0.3, -0.25) is 4.79 Å². The minimum Gasteiger partial charge on any atom is -0.497 e. The van der Waals surface area contributed by atoms with E-state index in [4.69, 9.17) is 14.2 Å². The first-order chi connectivity index (χ1) is 12.2. The lowest BCUT2D eigenvalue weighted by Crippen LogP contribution is -2.20. The minimum atomic E-state index is -0.774. The molecule has 2 aliphatic heterocycles. The molecule has 6 nitrogen and oxygen atoms in total. The molecule has 1 fully saturated rings. The zero-order valence-corrected chi connectivity index (χ0v) is 13.8. The van der Waals surface area contributed by atoms with Crippen LogP contribution < -0.4 is 19.5 Å². The van der Waals surface area contributed by atoms with Crippen LogP contribution in [0, 0.1) is 5.92 Å². The summed E-state index contributed by atoms with van der Waals surface area (Å²) in [5.74, 6) is 0.833. The topological polar surface area (TPSA) is 77.0 Å². The molecular formula is C19H19NO5. The van der Waals surface area contributed by atoms with Crippen molar-refractivity contribution in [3.05, 3.63) is 53.6 Å². The van der Waals surface area contributed by atoms with Gasteiger partial charge < -0.3 is 24.6 Å². The highest BCUT2D eigenvalue weighted by molar-refractivity contribution is 5.72. The number of nitrogens with one attached hydrogen (secondary N) is 1. The Bertz CT molecular complexity index is 789. The van der Waals surface area contributed by atoms with Crippen LogP contribution in [0.15, 0.2) is 42.5 Å². The normalized spacial score (nSPS) is 24.3. The number of carboxylic acid groups (broad SMARTS) is 1. The molecule has 2 aliphatic rings. The molecule has 25 heavy (non-hydrogen) atoms. The Labute approximate surface area is 145 Å². The summed E-state index contributed by atoms with van der Waals surface area (Å²) in [4.78, 5) is 11.4. The molecule has 0 spiro atoms. The number of rotatable bonds is 4. The Kier molecular flexibility index (Phi) is 3.97. The van der Waals surface area contributed by atoms with Gasteiger partial charge in [0.05, 0.1) is 13.0 Å². The van der Waals surface area contributed by atoms with Gasteiger partial charge in [0.15, 0.2) is 11.5 Å². The smallest absolute Gasteiger partial charge is 0.308 e. The van der Waals surface area contributed by atoms with Gasteiger partial charge in [-0.25, -0.2) is 0 Å². The van der Waals surface area contributed by atoms with Gasteiger partial charge in [0.25, 0.3) is 6.29 Å². The summed E-state index contributed by atoms with van der Waals surface area (Å²) in [7, 11) is 1.62. The van der Waals surface area contributed by atoms with Gasteiger partial charge in [0.2, 0.25) is 0 Å². The van der Waals surface area contributed by atoms with E-state index in [9.17, 15) is 9.90 Å². The lowest BCUT2D eigenvalue weighted by Gasteiger charge is -2.15. The van der Waals surface area contributed by atoms with Gasteiger partial charge in [-0.1, -0.05) is 6.07 Å². The summed E-state index contributed by atoms with van der Waals surface area (Å²) < 4.78 is 17.0. The molecule has 6 heteroatoms. The number of aliphatic carboxylic acids is 1. The molecule has 3 atom stereocenters. The molecule has 2 heterocycles. The number of methoxy groups -OCH3 is 1. The molecule has 2 aromatic carbocycles. The quantitative estimate of drug-likeness (QED) is 0.890. The summed E-state index contributed by atoms with van der Waals surface area (Å²) in [5.41, 5.74) is 1.85. The first kappa shape index (κ1) is 15.8. The average molecular weight is 341 g/mol. The Morgan fingerprint density at radius 3 is 2.52 bits per heavy atom. The third-order valence-electron chi connectivity index (χ3n) is 4.78. The highest BCUT2D eigenvalue weighted by Crippen LogP contribution is 2.43. The monoisotopic (exact) mass is 341 g/mol. The van der Waals surface area contributed by atoms with Crippen LogP contribution in [0.25, 0.3) is 0 Å². The van der Waals surface area contributed by atoms with Gasteiger partial charge in [0, 0.05) is 24.6 Å². The van der Waals surface area contributed by atoms with Crippen LogP contribution in [-0.4, -0.2) is 31.3 Å². The molecule has 1 saturated heterocycles. The molecule has 0 bridgehead atoms. The number of hydrogen-bond acceptors (Lipinski definition) is 5. The van der Waals surface area contributed by atoms with Crippen LogP contribution in [0.2, 0.25) is 0 Å². The molecule has 0 radical (unpaired) electrons. The summed E-state index contributed by atoms with van der Waals surface area (Å²) >= 11 is 0. The predicted molar refractivity (Wildman–Crippen MR) is 90.2 cm³/mol. The Balaban J connectivity index is 1.55. The van der Waals surface area contributed by atoms with E-state index in [0.29, 0.717) is 24.6 Å². The van der Waals surface area contributed by atoms with Crippen molar-refractivity contribution in [2.75, 3.05) is 20.2 Å². The van der Waals surface area contributed by atoms with E-state index in [1.807, 2.05) is 42.5 Å². The highest BCUT2D eigenvalue weighted by Gasteiger charge is 2.35. The maximum Gasteiger partial charge on any atom is 0.308 e. The van der Waals surface area contributed by atoms with Crippen molar-refractivity contribution >= 4 is 5.97 Å². The zero-order valence-electron chi connectivity index (χ0n) is 13.8. The van der Waals surface area contributed by atoms with Gasteiger partial charge in [-0.2, -0.15) is 0 Å². The van der Waals surface area contributed by atoms with E-state index in [1.54, 1.807) is 7.11 Å². The number of carbonyl (C=O) groups is 1. The van der Waals surface area contributed by atoms with Crippen molar-refractivity contribution in [3.63, 3.8) is 0 Å². The Morgan fingerprint density at radius 1 is 1.08 bits per heavy atom.